The van der Waals surface area contributed by atoms with Gasteiger partial charge in [0.1, 0.15) is 17.4 Å². The predicted octanol–water partition coefficient (Wildman–Crippen LogP) is 4.14. The third-order valence-electron chi connectivity index (χ3n) is 4.77. The van der Waals surface area contributed by atoms with Crippen molar-refractivity contribution in [3.8, 4) is 11.8 Å². The van der Waals surface area contributed by atoms with Crippen molar-refractivity contribution in [2.45, 2.75) is 19.4 Å². The van der Waals surface area contributed by atoms with Gasteiger partial charge in [0.05, 0.1) is 18.0 Å². The average molecular weight is 410 g/mol. The van der Waals surface area contributed by atoms with Crippen LogP contribution in [0.3, 0.4) is 0 Å². The lowest BCUT2D eigenvalue weighted by Crippen LogP contribution is -2.32. The van der Waals surface area contributed by atoms with E-state index in [2.05, 4.69) is 6.07 Å². The van der Waals surface area contributed by atoms with Crippen LogP contribution in [0, 0.1) is 18.3 Å². The van der Waals surface area contributed by atoms with Crippen LogP contribution in [0.15, 0.2) is 64.1 Å². The highest BCUT2D eigenvalue weighted by Gasteiger charge is 2.34. The number of nitriles is 1. The number of pyridine rings is 1. The van der Waals surface area contributed by atoms with Crippen LogP contribution in [0.1, 0.15) is 27.6 Å². The quantitative estimate of drug-likeness (QED) is 0.704. The molecule has 0 saturated carbocycles. The summed E-state index contributed by atoms with van der Waals surface area (Å²) in [7, 11) is 0. The molecule has 3 heterocycles. The normalized spacial score (nSPS) is 15.7. The summed E-state index contributed by atoms with van der Waals surface area (Å²) in [6.45, 7) is 2.31. The van der Waals surface area contributed by atoms with Crippen LogP contribution in [-0.2, 0) is 6.54 Å². The molecule has 0 amide bonds. The van der Waals surface area contributed by atoms with E-state index < -0.39 is 5.92 Å². The van der Waals surface area contributed by atoms with Crippen molar-refractivity contribution < 1.29 is 4.74 Å². The molecule has 1 aliphatic heterocycles. The molecule has 2 aromatic heterocycles. The number of hydrogen-bond donors (Lipinski definition) is 1. The van der Waals surface area contributed by atoms with Crippen molar-refractivity contribution in [3.63, 3.8) is 0 Å². The summed E-state index contributed by atoms with van der Waals surface area (Å²) in [5, 5.41) is 12.2. The first-order chi connectivity index (χ1) is 13.5. The Hall–Kier alpha value is -3.01. The number of ether oxygens (including phenoxy) is 1. The average Bonchev–Trinajstić information content (AvgIpc) is 3.17. The molecule has 0 fully saturated rings. The molecule has 7 heteroatoms. The van der Waals surface area contributed by atoms with Gasteiger partial charge < -0.3 is 15.0 Å². The molecule has 3 aromatic rings. The number of halogens is 1. The first-order valence-electron chi connectivity index (χ1n) is 8.59. The second-order valence-corrected chi connectivity index (χ2v) is 7.98. The highest BCUT2D eigenvalue weighted by atomic mass is 35.5. The van der Waals surface area contributed by atoms with Crippen LogP contribution in [-0.4, -0.2) is 4.57 Å². The van der Waals surface area contributed by atoms with Gasteiger partial charge in [-0.25, -0.2) is 0 Å². The molecule has 1 aromatic carbocycles. The van der Waals surface area contributed by atoms with E-state index >= 15 is 0 Å². The van der Waals surface area contributed by atoms with Gasteiger partial charge in [-0.2, -0.15) is 5.26 Å². The van der Waals surface area contributed by atoms with Crippen LogP contribution in [0.2, 0.25) is 5.02 Å². The number of allylic oxidation sites excluding steroid dienone is 1. The minimum atomic E-state index is -0.630. The zero-order valence-corrected chi connectivity index (χ0v) is 16.6. The van der Waals surface area contributed by atoms with Crippen molar-refractivity contribution in [1.82, 2.24) is 4.57 Å². The maximum atomic E-state index is 13.5. The lowest BCUT2D eigenvalue weighted by Gasteiger charge is -2.27. The SMILES string of the molecule is Cc1cc2c(c(=O)n1Cc1cccs1)[C@@H](c1cccc(Cl)c1)C(C#N)=C(N)O2. The Kier molecular flexibility index (Phi) is 4.71. The smallest absolute Gasteiger partial charge is 0.259 e. The number of thiophene rings is 1. The summed E-state index contributed by atoms with van der Waals surface area (Å²) in [6, 6.07) is 15.0. The Morgan fingerprint density at radius 2 is 2.14 bits per heavy atom. The molecule has 1 aliphatic rings. The number of fused-ring (bicyclic) bond motifs is 1. The van der Waals surface area contributed by atoms with Gasteiger partial charge in [-0.05, 0) is 36.1 Å². The second kappa shape index (κ2) is 7.19. The highest BCUT2D eigenvalue weighted by molar-refractivity contribution is 7.09. The van der Waals surface area contributed by atoms with E-state index in [0.29, 0.717) is 22.9 Å². The predicted molar refractivity (Wildman–Crippen MR) is 110 cm³/mol. The summed E-state index contributed by atoms with van der Waals surface area (Å²) < 4.78 is 7.36. The lowest BCUT2D eigenvalue weighted by atomic mass is 9.84. The molecular weight excluding hydrogens is 394 g/mol. The summed E-state index contributed by atoms with van der Waals surface area (Å²) in [5.41, 5.74) is 7.90. The van der Waals surface area contributed by atoms with E-state index in [1.807, 2.05) is 30.5 Å². The summed E-state index contributed by atoms with van der Waals surface area (Å²) in [5.74, 6) is -0.240. The number of benzene rings is 1. The van der Waals surface area contributed by atoms with Gasteiger partial charge in [-0.1, -0.05) is 29.8 Å². The fourth-order valence-electron chi connectivity index (χ4n) is 3.46. The molecule has 0 spiro atoms. The van der Waals surface area contributed by atoms with Crippen molar-refractivity contribution in [2.24, 2.45) is 5.73 Å². The number of rotatable bonds is 3. The minimum Gasteiger partial charge on any atom is -0.440 e. The zero-order chi connectivity index (χ0) is 19.8. The van der Waals surface area contributed by atoms with E-state index in [1.54, 1.807) is 40.2 Å². The zero-order valence-electron chi connectivity index (χ0n) is 15.0. The first kappa shape index (κ1) is 18.4. The minimum absolute atomic E-state index is 0.00906. The molecule has 5 nitrogen and oxygen atoms in total. The Morgan fingerprint density at radius 3 is 2.82 bits per heavy atom. The van der Waals surface area contributed by atoms with Crippen LogP contribution in [0.5, 0.6) is 5.75 Å². The Bertz CT molecular complexity index is 1190. The highest BCUT2D eigenvalue weighted by Crippen LogP contribution is 2.41. The van der Waals surface area contributed by atoms with Gasteiger partial charge in [0.25, 0.3) is 5.56 Å². The van der Waals surface area contributed by atoms with E-state index in [0.717, 1.165) is 16.1 Å². The number of aryl methyl sites for hydroxylation is 1. The van der Waals surface area contributed by atoms with E-state index in [1.165, 1.54) is 0 Å². The number of aromatic nitrogens is 1. The van der Waals surface area contributed by atoms with Crippen LogP contribution >= 0.6 is 22.9 Å². The summed E-state index contributed by atoms with van der Waals surface area (Å²) in [4.78, 5) is 14.5. The fraction of sp³-hybridized carbons (Fsp3) is 0.143. The topological polar surface area (TPSA) is 81.0 Å². The third kappa shape index (κ3) is 3.09. The monoisotopic (exact) mass is 409 g/mol. The van der Waals surface area contributed by atoms with Gasteiger partial charge >= 0.3 is 0 Å². The number of nitrogens with two attached hydrogens (primary N) is 1. The molecule has 2 N–H and O–H groups in total. The fourth-order valence-corrected chi connectivity index (χ4v) is 4.35. The van der Waals surface area contributed by atoms with Crippen LogP contribution in [0.4, 0.5) is 0 Å². The van der Waals surface area contributed by atoms with Gasteiger partial charge in [0.15, 0.2) is 0 Å². The van der Waals surface area contributed by atoms with Gasteiger partial charge in [0.2, 0.25) is 5.88 Å². The molecule has 1 atom stereocenters. The summed E-state index contributed by atoms with van der Waals surface area (Å²) in [6.07, 6.45) is 0. The van der Waals surface area contributed by atoms with Crippen molar-refractivity contribution >= 4 is 22.9 Å². The molecule has 0 radical (unpaired) electrons. The molecule has 0 saturated heterocycles. The number of hydrogen-bond acceptors (Lipinski definition) is 5. The molecule has 4 rings (SSSR count). The molecule has 0 unspecified atom stereocenters. The Morgan fingerprint density at radius 1 is 1.32 bits per heavy atom. The molecule has 0 bridgehead atoms. The molecule has 0 aliphatic carbocycles. The van der Waals surface area contributed by atoms with Crippen molar-refractivity contribution in [1.29, 1.82) is 5.26 Å². The first-order valence-corrected chi connectivity index (χ1v) is 9.85. The van der Waals surface area contributed by atoms with Gasteiger partial charge in [-0.3, -0.25) is 4.79 Å². The molecule has 140 valence electrons. The lowest BCUT2D eigenvalue weighted by molar-refractivity contribution is 0.389. The number of nitrogens with zero attached hydrogens (tertiary/aromatic N) is 2. The van der Waals surface area contributed by atoms with E-state index in [-0.39, 0.29) is 17.0 Å². The second-order valence-electron chi connectivity index (χ2n) is 6.51. The van der Waals surface area contributed by atoms with E-state index in [4.69, 9.17) is 22.1 Å². The van der Waals surface area contributed by atoms with Gasteiger partial charge in [-0.15, -0.1) is 11.3 Å². The Balaban J connectivity index is 1.96. The van der Waals surface area contributed by atoms with Crippen molar-refractivity contribution in [3.05, 3.63) is 96.4 Å². The third-order valence-corrected chi connectivity index (χ3v) is 5.86. The summed E-state index contributed by atoms with van der Waals surface area (Å²) >= 11 is 7.75. The van der Waals surface area contributed by atoms with Crippen LogP contribution in [0.25, 0.3) is 0 Å². The van der Waals surface area contributed by atoms with Crippen LogP contribution < -0.4 is 16.0 Å². The van der Waals surface area contributed by atoms with E-state index in [9.17, 15) is 10.1 Å². The largest absolute Gasteiger partial charge is 0.440 e. The maximum Gasteiger partial charge on any atom is 0.259 e. The van der Waals surface area contributed by atoms with Gasteiger partial charge in [0, 0.05) is 21.7 Å². The molecular formula is C21H16ClN3O2S. The van der Waals surface area contributed by atoms with Crippen molar-refractivity contribution in [2.75, 3.05) is 0 Å². The molecule has 28 heavy (non-hydrogen) atoms. The Labute approximate surface area is 170 Å². The standard InChI is InChI=1S/C21H16ClN3O2S/c1-12-8-17-19(21(26)25(12)11-15-6-3-7-28-15)18(16(10-23)20(24)27-17)13-4-2-5-14(22)9-13/h2-9,18H,11,24H2,1H3/t18-/m0/s1. The maximum absolute atomic E-state index is 13.5.